The molecular formula is C16H14FN3O3. The number of halogens is 1. The van der Waals surface area contributed by atoms with Gasteiger partial charge in [-0.15, -0.1) is 0 Å². The number of para-hydroxylation sites is 1. The lowest BCUT2D eigenvalue weighted by molar-refractivity contribution is 0.281. The highest BCUT2D eigenvalue weighted by atomic mass is 19.1. The minimum Gasteiger partial charge on any atom is -0.504 e. The molecule has 23 heavy (non-hydrogen) atoms. The summed E-state index contributed by atoms with van der Waals surface area (Å²) in [6, 6.07) is 10.9. The summed E-state index contributed by atoms with van der Waals surface area (Å²) in [5, 5.41) is 16.4. The van der Waals surface area contributed by atoms with E-state index in [1.54, 1.807) is 24.3 Å². The lowest BCUT2D eigenvalue weighted by Crippen LogP contribution is -1.99. The van der Waals surface area contributed by atoms with Gasteiger partial charge in [-0.3, -0.25) is 5.10 Å². The Hall–Kier alpha value is -3.09. The van der Waals surface area contributed by atoms with Crippen LogP contribution in [0.5, 0.6) is 17.2 Å². The zero-order valence-electron chi connectivity index (χ0n) is 12.3. The van der Waals surface area contributed by atoms with Crippen molar-refractivity contribution >= 4 is 0 Å². The Morgan fingerprint density at radius 2 is 2.00 bits per heavy atom. The molecule has 0 radical (unpaired) electrons. The fraction of sp³-hybridized carbons (Fsp3) is 0.125. The van der Waals surface area contributed by atoms with Crippen LogP contribution < -0.4 is 9.47 Å². The van der Waals surface area contributed by atoms with E-state index in [1.807, 2.05) is 0 Å². The molecule has 1 heterocycles. The second kappa shape index (κ2) is 6.35. The van der Waals surface area contributed by atoms with Gasteiger partial charge in [0.05, 0.1) is 7.11 Å². The quantitative estimate of drug-likeness (QED) is 0.756. The summed E-state index contributed by atoms with van der Waals surface area (Å²) in [7, 11) is 1.46. The van der Waals surface area contributed by atoms with Gasteiger partial charge < -0.3 is 14.6 Å². The molecule has 0 amide bonds. The molecule has 0 saturated heterocycles. The molecule has 0 bridgehead atoms. The van der Waals surface area contributed by atoms with E-state index in [2.05, 4.69) is 15.2 Å². The summed E-state index contributed by atoms with van der Waals surface area (Å²) < 4.78 is 23.9. The van der Waals surface area contributed by atoms with Gasteiger partial charge in [-0.25, -0.2) is 9.37 Å². The highest BCUT2D eigenvalue weighted by Gasteiger charge is 2.10. The summed E-state index contributed by atoms with van der Waals surface area (Å²) in [6.45, 7) is 0.0587. The fourth-order valence-electron chi connectivity index (χ4n) is 2.01. The number of aromatic hydroxyl groups is 1. The van der Waals surface area contributed by atoms with Crippen LogP contribution in [0.15, 0.2) is 42.5 Å². The number of nitrogens with one attached hydrogen (secondary N) is 1. The van der Waals surface area contributed by atoms with Gasteiger partial charge >= 0.3 is 0 Å². The lowest BCUT2D eigenvalue weighted by Gasteiger charge is -2.04. The maximum atomic E-state index is 13.5. The Bertz CT molecular complexity index is 820. The first-order valence-electron chi connectivity index (χ1n) is 6.83. The van der Waals surface area contributed by atoms with Crippen LogP contribution in [-0.2, 0) is 6.61 Å². The predicted molar refractivity (Wildman–Crippen MR) is 80.8 cm³/mol. The predicted octanol–water partition coefficient (Wildman–Crippen LogP) is 2.90. The van der Waals surface area contributed by atoms with E-state index >= 15 is 0 Å². The number of phenolic OH excluding ortho intramolecular Hbond substituents is 1. The molecule has 0 atom stereocenters. The maximum absolute atomic E-state index is 13.5. The minimum absolute atomic E-state index is 0.0369. The van der Waals surface area contributed by atoms with Crippen LogP contribution in [0.4, 0.5) is 4.39 Å². The number of aromatic nitrogens is 3. The molecule has 0 unspecified atom stereocenters. The highest BCUT2D eigenvalue weighted by molar-refractivity contribution is 5.60. The van der Waals surface area contributed by atoms with E-state index in [0.29, 0.717) is 23.0 Å². The van der Waals surface area contributed by atoms with Crippen LogP contribution in [0.1, 0.15) is 5.82 Å². The van der Waals surface area contributed by atoms with Crippen molar-refractivity contribution < 1.29 is 19.0 Å². The third kappa shape index (κ3) is 3.23. The number of nitrogens with zero attached hydrogens (tertiary/aromatic N) is 2. The zero-order chi connectivity index (χ0) is 16.2. The maximum Gasteiger partial charge on any atom is 0.181 e. The zero-order valence-corrected chi connectivity index (χ0v) is 12.3. The highest BCUT2D eigenvalue weighted by Crippen LogP contribution is 2.30. The molecule has 3 rings (SSSR count). The molecule has 7 heteroatoms. The molecule has 0 aliphatic rings. The monoisotopic (exact) mass is 315 g/mol. The average molecular weight is 315 g/mol. The van der Waals surface area contributed by atoms with Gasteiger partial charge in [-0.05, 0) is 30.3 Å². The first kappa shape index (κ1) is 14.8. The van der Waals surface area contributed by atoms with Gasteiger partial charge in [0.25, 0.3) is 0 Å². The van der Waals surface area contributed by atoms with Crippen LogP contribution >= 0.6 is 0 Å². The molecule has 6 nitrogen and oxygen atoms in total. The topological polar surface area (TPSA) is 80.3 Å². The third-order valence-corrected chi connectivity index (χ3v) is 3.17. The van der Waals surface area contributed by atoms with Crippen LogP contribution in [-0.4, -0.2) is 27.4 Å². The molecule has 0 saturated carbocycles. The van der Waals surface area contributed by atoms with Crippen molar-refractivity contribution in [3.63, 3.8) is 0 Å². The average Bonchev–Trinajstić information content (AvgIpc) is 3.03. The van der Waals surface area contributed by atoms with Crippen LogP contribution in [0.3, 0.4) is 0 Å². The van der Waals surface area contributed by atoms with E-state index in [1.165, 1.54) is 25.3 Å². The fourth-order valence-corrected chi connectivity index (χ4v) is 2.01. The Kier molecular flexibility index (Phi) is 4.09. The SMILES string of the molecule is COc1cc(-c2n[nH]c(COc3ccccc3F)n2)ccc1O. The summed E-state index contributed by atoms with van der Waals surface area (Å²) >= 11 is 0. The normalized spacial score (nSPS) is 10.5. The molecule has 0 aliphatic heterocycles. The standard InChI is InChI=1S/C16H14FN3O3/c1-22-14-8-10(6-7-12(14)21)16-18-15(19-20-16)9-23-13-5-3-2-4-11(13)17/h2-8,21H,9H2,1H3,(H,18,19,20). The van der Waals surface area contributed by atoms with Crippen molar-refractivity contribution in [2.45, 2.75) is 6.61 Å². The van der Waals surface area contributed by atoms with Gasteiger partial charge in [-0.1, -0.05) is 12.1 Å². The van der Waals surface area contributed by atoms with Crippen molar-refractivity contribution in [2.75, 3.05) is 7.11 Å². The number of rotatable bonds is 5. The molecule has 2 N–H and O–H groups in total. The van der Waals surface area contributed by atoms with Gasteiger partial charge in [0, 0.05) is 5.56 Å². The number of benzene rings is 2. The summed E-state index contributed by atoms with van der Waals surface area (Å²) in [5.41, 5.74) is 0.674. The number of hydrogen-bond donors (Lipinski definition) is 2. The van der Waals surface area contributed by atoms with E-state index < -0.39 is 5.82 Å². The summed E-state index contributed by atoms with van der Waals surface area (Å²) in [5.74, 6) is 0.962. The Balaban J connectivity index is 1.74. The molecular weight excluding hydrogens is 301 g/mol. The summed E-state index contributed by atoms with van der Waals surface area (Å²) in [6.07, 6.45) is 0. The number of hydrogen-bond acceptors (Lipinski definition) is 5. The van der Waals surface area contributed by atoms with E-state index in [9.17, 15) is 9.50 Å². The first-order valence-corrected chi connectivity index (χ1v) is 6.83. The third-order valence-electron chi connectivity index (χ3n) is 3.17. The van der Waals surface area contributed by atoms with Crippen LogP contribution in [0.2, 0.25) is 0 Å². The van der Waals surface area contributed by atoms with Gasteiger partial charge in [0.1, 0.15) is 6.61 Å². The number of phenols is 1. The van der Waals surface area contributed by atoms with Gasteiger partial charge in [0.15, 0.2) is 34.7 Å². The molecule has 118 valence electrons. The van der Waals surface area contributed by atoms with E-state index in [0.717, 1.165) is 0 Å². The smallest absolute Gasteiger partial charge is 0.181 e. The van der Waals surface area contributed by atoms with Crippen molar-refractivity contribution in [3.05, 3.63) is 54.1 Å². The van der Waals surface area contributed by atoms with Crippen molar-refractivity contribution in [1.29, 1.82) is 0 Å². The largest absolute Gasteiger partial charge is 0.504 e. The number of ether oxygens (including phenoxy) is 2. The van der Waals surface area contributed by atoms with Crippen LogP contribution in [0, 0.1) is 5.82 Å². The van der Waals surface area contributed by atoms with E-state index in [-0.39, 0.29) is 18.1 Å². The molecule has 0 fully saturated rings. The first-order chi connectivity index (χ1) is 11.2. The van der Waals surface area contributed by atoms with Gasteiger partial charge in [-0.2, -0.15) is 5.10 Å². The number of methoxy groups -OCH3 is 1. The van der Waals surface area contributed by atoms with Crippen molar-refractivity contribution in [1.82, 2.24) is 15.2 Å². The molecule has 2 aromatic carbocycles. The molecule has 0 aliphatic carbocycles. The second-order valence-electron chi connectivity index (χ2n) is 4.71. The number of aromatic amines is 1. The molecule has 1 aromatic heterocycles. The number of H-pyrrole nitrogens is 1. The second-order valence-corrected chi connectivity index (χ2v) is 4.71. The Morgan fingerprint density at radius 3 is 2.78 bits per heavy atom. The van der Waals surface area contributed by atoms with Crippen molar-refractivity contribution in [3.8, 4) is 28.6 Å². The molecule has 3 aromatic rings. The summed E-state index contributed by atoms with van der Waals surface area (Å²) in [4.78, 5) is 4.28. The molecule has 0 spiro atoms. The van der Waals surface area contributed by atoms with Crippen molar-refractivity contribution in [2.24, 2.45) is 0 Å². The lowest BCUT2D eigenvalue weighted by atomic mass is 10.2. The van der Waals surface area contributed by atoms with Gasteiger partial charge in [0.2, 0.25) is 0 Å². The van der Waals surface area contributed by atoms with E-state index in [4.69, 9.17) is 9.47 Å². The Morgan fingerprint density at radius 1 is 1.17 bits per heavy atom. The van der Waals surface area contributed by atoms with Crippen LogP contribution in [0.25, 0.3) is 11.4 Å². The minimum atomic E-state index is -0.435. The Labute approximate surface area is 131 Å².